The van der Waals surface area contributed by atoms with E-state index in [9.17, 15) is 4.79 Å². The Bertz CT molecular complexity index is 1010. The Hall–Kier alpha value is -3.27. The van der Waals surface area contributed by atoms with Crippen LogP contribution in [0.15, 0.2) is 36.7 Å². The highest BCUT2D eigenvalue weighted by atomic mass is 16.1. The lowest BCUT2D eigenvalue weighted by molar-refractivity contribution is 0.0924. The molecule has 1 amide bonds. The molecule has 4 rings (SSSR count). The van der Waals surface area contributed by atoms with Gasteiger partial charge in [-0.3, -0.25) is 4.79 Å². The SMILES string of the molecule is Cc1nn(-c2ncc(C(=O)NC3CCC(C#N)CC3)cn2)c2ccccc12. The fourth-order valence-corrected chi connectivity index (χ4v) is 3.56. The highest BCUT2D eigenvalue weighted by molar-refractivity contribution is 5.93. The van der Waals surface area contributed by atoms with Gasteiger partial charge in [-0.05, 0) is 38.7 Å². The zero-order valence-electron chi connectivity index (χ0n) is 15.1. The summed E-state index contributed by atoms with van der Waals surface area (Å²) in [5.41, 5.74) is 2.26. The molecule has 0 radical (unpaired) electrons. The van der Waals surface area contributed by atoms with Crippen molar-refractivity contribution in [3.8, 4) is 12.0 Å². The van der Waals surface area contributed by atoms with E-state index in [-0.39, 0.29) is 17.9 Å². The van der Waals surface area contributed by atoms with Crippen molar-refractivity contribution in [2.45, 2.75) is 38.6 Å². The molecule has 136 valence electrons. The average Bonchev–Trinajstić information content (AvgIpc) is 3.06. The number of hydrogen-bond donors (Lipinski definition) is 1. The van der Waals surface area contributed by atoms with Crippen LogP contribution in [0.5, 0.6) is 0 Å². The molecule has 7 heteroatoms. The number of carbonyl (C=O) groups excluding carboxylic acids is 1. The van der Waals surface area contributed by atoms with Crippen molar-refractivity contribution in [2.24, 2.45) is 5.92 Å². The van der Waals surface area contributed by atoms with E-state index in [2.05, 4.69) is 26.5 Å². The molecule has 7 nitrogen and oxygen atoms in total. The van der Waals surface area contributed by atoms with Crippen molar-refractivity contribution in [3.63, 3.8) is 0 Å². The molecule has 0 atom stereocenters. The topological polar surface area (TPSA) is 96.5 Å². The molecule has 1 fully saturated rings. The molecule has 0 saturated heterocycles. The number of hydrogen-bond acceptors (Lipinski definition) is 5. The summed E-state index contributed by atoms with van der Waals surface area (Å²) in [5, 5.41) is 17.5. The van der Waals surface area contributed by atoms with E-state index in [4.69, 9.17) is 5.26 Å². The minimum Gasteiger partial charge on any atom is -0.349 e. The molecule has 2 heterocycles. The molecular formula is C20H20N6O. The normalized spacial score (nSPS) is 19.6. The van der Waals surface area contributed by atoms with Gasteiger partial charge in [0.2, 0.25) is 0 Å². The van der Waals surface area contributed by atoms with Gasteiger partial charge >= 0.3 is 0 Å². The van der Waals surface area contributed by atoms with Gasteiger partial charge in [-0.1, -0.05) is 18.2 Å². The number of aromatic nitrogens is 4. The molecular weight excluding hydrogens is 340 g/mol. The third-order valence-corrected chi connectivity index (χ3v) is 5.11. The van der Waals surface area contributed by atoms with Crippen LogP contribution in [0.1, 0.15) is 41.7 Å². The summed E-state index contributed by atoms with van der Waals surface area (Å²) in [5.74, 6) is 0.377. The molecule has 0 unspecified atom stereocenters. The quantitative estimate of drug-likeness (QED) is 0.774. The van der Waals surface area contributed by atoms with Gasteiger partial charge in [-0.25, -0.2) is 9.97 Å². The lowest BCUT2D eigenvalue weighted by atomic mass is 9.87. The zero-order chi connectivity index (χ0) is 18.8. The van der Waals surface area contributed by atoms with Gasteiger partial charge in [0.1, 0.15) is 0 Å². The predicted octanol–water partition coefficient (Wildman–Crippen LogP) is 2.94. The highest BCUT2D eigenvalue weighted by Gasteiger charge is 2.22. The zero-order valence-corrected chi connectivity index (χ0v) is 15.1. The van der Waals surface area contributed by atoms with Gasteiger partial charge in [-0.2, -0.15) is 15.0 Å². The second-order valence-corrected chi connectivity index (χ2v) is 6.94. The maximum absolute atomic E-state index is 12.4. The minimum atomic E-state index is -0.177. The molecule has 0 aliphatic heterocycles. The average molecular weight is 360 g/mol. The maximum Gasteiger partial charge on any atom is 0.254 e. The van der Waals surface area contributed by atoms with Crippen molar-refractivity contribution in [2.75, 3.05) is 0 Å². The number of rotatable bonds is 3. The van der Waals surface area contributed by atoms with E-state index >= 15 is 0 Å². The smallest absolute Gasteiger partial charge is 0.254 e. The number of fused-ring (bicyclic) bond motifs is 1. The maximum atomic E-state index is 12.4. The van der Waals surface area contributed by atoms with Gasteiger partial charge < -0.3 is 5.32 Å². The van der Waals surface area contributed by atoms with E-state index in [0.717, 1.165) is 42.3 Å². The first-order chi connectivity index (χ1) is 13.2. The van der Waals surface area contributed by atoms with Crippen LogP contribution < -0.4 is 5.32 Å². The molecule has 0 spiro atoms. The molecule has 1 N–H and O–H groups in total. The monoisotopic (exact) mass is 360 g/mol. The fourth-order valence-electron chi connectivity index (χ4n) is 3.56. The second-order valence-electron chi connectivity index (χ2n) is 6.94. The first-order valence-electron chi connectivity index (χ1n) is 9.13. The number of nitrogens with one attached hydrogen (secondary N) is 1. The van der Waals surface area contributed by atoms with E-state index in [1.165, 1.54) is 12.4 Å². The predicted molar refractivity (Wildman–Crippen MR) is 100 cm³/mol. The Kier molecular flexibility index (Phi) is 4.55. The van der Waals surface area contributed by atoms with Crippen molar-refractivity contribution in [1.29, 1.82) is 5.26 Å². The van der Waals surface area contributed by atoms with Crippen LogP contribution in [-0.4, -0.2) is 31.7 Å². The molecule has 1 saturated carbocycles. The Labute approximate surface area is 157 Å². The summed E-state index contributed by atoms with van der Waals surface area (Å²) in [4.78, 5) is 21.1. The van der Waals surface area contributed by atoms with Gasteiger partial charge in [0.05, 0.1) is 22.8 Å². The van der Waals surface area contributed by atoms with Crippen LogP contribution in [0, 0.1) is 24.2 Å². The largest absolute Gasteiger partial charge is 0.349 e. The van der Waals surface area contributed by atoms with Crippen molar-refractivity contribution in [3.05, 3.63) is 47.9 Å². The van der Waals surface area contributed by atoms with E-state index in [1.54, 1.807) is 4.68 Å². The lowest BCUT2D eigenvalue weighted by Crippen LogP contribution is -2.37. The van der Waals surface area contributed by atoms with Crippen LogP contribution in [0.4, 0.5) is 0 Å². The molecule has 3 aromatic rings. The standard InChI is InChI=1S/C20H20N6O/c1-13-17-4-2-3-5-18(17)26(25-13)20-22-11-15(12-23-20)19(27)24-16-8-6-14(10-21)7-9-16/h2-5,11-12,14,16H,6-9H2,1H3,(H,24,27). The van der Waals surface area contributed by atoms with Crippen LogP contribution in [0.2, 0.25) is 0 Å². The summed E-state index contributed by atoms with van der Waals surface area (Å²) in [6, 6.07) is 10.3. The first kappa shape index (κ1) is 17.2. The van der Waals surface area contributed by atoms with E-state index < -0.39 is 0 Å². The number of nitriles is 1. The summed E-state index contributed by atoms with van der Waals surface area (Å²) in [6.07, 6.45) is 6.41. The van der Waals surface area contributed by atoms with Crippen molar-refractivity contribution in [1.82, 2.24) is 25.1 Å². The minimum absolute atomic E-state index is 0.111. The second kappa shape index (κ2) is 7.16. The number of benzene rings is 1. The Balaban J connectivity index is 1.49. The van der Waals surface area contributed by atoms with Crippen LogP contribution >= 0.6 is 0 Å². The number of amides is 1. The van der Waals surface area contributed by atoms with Gasteiger partial charge in [-0.15, -0.1) is 0 Å². The molecule has 1 aromatic carbocycles. The molecule has 0 bridgehead atoms. The first-order valence-corrected chi connectivity index (χ1v) is 9.13. The summed E-state index contributed by atoms with van der Waals surface area (Å²) >= 11 is 0. The van der Waals surface area contributed by atoms with Crippen molar-refractivity contribution >= 4 is 16.8 Å². The number of aryl methyl sites for hydroxylation is 1. The number of para-hydroxylation sites is 1. The van der Waals surface area contributed by atoms with Crippen LogP contribution in [0.25, 0.3) is 16.9 Å². The Morgan fingerprint density at radius 2 is 1.89 bits per heavy atom. The van der Waals surface area contributed by atoms with E-state index in [1.807, 2.05) is 31.2 Å². The van der Waals surface area contributed by atoms with Crippen molar-refractivity contribution < 1.29 is 4.79 Å². The third kappa shape index (κ3) is 3.38. The molecule has 1 aliphatic rings. The fraction of sp³-hybridized carbons (Fsp3) is 0.350. The van der Waals surface area contributed by atoms with Crippen LogP contribution in [-0.2, 0) is 0 Å². The molecule has 27 heavy (non-hydrogen) atoms. The summed E-state index contributed by atoms with van der Waals surface area (Å²) < 4.78 is 1.69. The molecule has 2 aromatic heterocycles. The summed E-state index contributed by atoms with van der Waals surface area (Å²) in [7, 11) is 0. The van der Waals surface area contributed by atoms with E-state index in [0.29, 0.717) is 11.5 Å². The Morgan fingerprint density at radius 3 is 2.59 bits per heavy atom. The lowest BCUT2D eigenvalue weighted by Gasteiger charge is -2.25. The van der Waals surface area contributed by atoms with Gasteiger partial charge in [0.25, 0.3) is 11.9 Å². The Morgan fingerprint density at radius 1 is 1.19 bits per heavy atom. The number of carbonyl (C=O) groups is 1. The number of nitrogens with zero attached hydrogens (tertiary/aromatic N) is 5. The highest BCUT2D eigenvalue weighted by Crippen LogP contribution is 2.24. The van der Waals surface area contributed by atoms with Crippen LogP contribution in [0.3, 0.4) is 0 Å². The summed E-state index contributed by atoms with van der Waals surface area (Å²) in [6.45, 7) is 1.95. The van der Waals surface area contributed by atoms with Gasteiger partial charge in [0, 0.05) is 29.7 Å². The third-order valence-electron chi connectivity index (χ3n) is 5.11. The van der Waals surface area contributed by atoms with Gasteiger partial charge in [0.15, 0.2) is 0 Å². The molecule has 1 aliphatic carbocycles.